The minimum absolute atomic E-state index is 0.198. The maximum Gasteiger partial charge on any atom is 0.306 e. The van der Waals surface area contributed by atoms with Gasteiger partial charge in [-0.2, -0.15) is 0 Å². The Morgan fingerprint density at radius 3 is 2.70 bits per heavy atom. The number of methoxy groups -OCH3 is 1. The number of hydrogen-bond acceptors (Lipinski definition) is 3. The van der Waals surface area contributed by atoms with E-state index >= 15 is 0 Å². The van der Waals surface area contributed by atoms with Gasteiger partial charge in [0.25, 0.3) is 0 Å². The van der Waals surface area contributed by atoms with E-state index in [1.807, 2.05) is 0 Å². The maximum absolute atomic E-state index is 11.0. The molecule has 0 aliphatic heterocycles. The lowest BCUT2D eigenvalue weighted by molar-refractivity contribution is -0.141. The fraction of sp³-hybridized carbons (Fsp3) is 0.533. The van der Waals surface area contributed by atoms with Gasteiger partial charge in [-0.05, 0) is 31.7 Å². The van der Waals surface area contributed by atoms with Gasteiger partial charge in [-0.3, -0.25) is 4.79 Å². The molecule has 1 unspecified atom stereocenters. The number of carboxylic acids is 1. The molecule has 2 rings (SSSR count). The molecule has 0 bridgehead atoms. The average molecular weight is 299 g/mol. The Kier molecular flexibility index (Phi) is 4.76. The van der Waals surface area contributed by atoms with Crippen molar-refractivity contribution in [3.63, 3.8) is 0 Å². The molecular formula is C15H19ClO4. The van der Waals surface area contributed by atoms with Crippen LogP contribution in [0.15, 0.2) is 12.1 Å². The summed E-state index contributed by atoms with van der Waals surface area (Å²) in [7, 11) is 1.56. The Labute approximate surface area is 123 Å². The largest absolute Gasteiger partial charge is 0.493 e. The molecule has 0 aromatic heterocycles. The second kappa shape index (κ2) is 6.35. The lowest BCUT2D eigenvalue weighted by Gasteiger charge is -2.28. The molecule has 110 valence electrons. The summed E-state index contributed by atoms with van der Waals surface area (Å²) in [5.41, 5.74) is 0.788. The number of halogens is 1. The van der Waals surface area contributed by atoms with Crippen LogP contribution in [0.2, 0.25) is 5.02 Å². The molecule has 1 atom stereocenters. The van der Waals surface area contributed by atoms with Gasteiger partial charge in [-0.25, -0.2) is 0 Å². The van der Waals surface area contributed by atoms with E-state index in [4.69, 9.17) is 26.2 Å². The first-order valence-electron chi connectivity index (χ1n) is 6.77. The molecule has 1 aromatic carbocycles. The molecule has 20 heavy (non-hydrogen) atoms. The number of rotatable bonds is 6. The third-order valence-electron chi connectivity index (χ3n) is 3.60. The minimum atomic E-state index is -0.835. The van der Waals surface area contributed by atoms with E-state index < -0.39 is 11.9 Å². The summed E-state index contributed by atoms with van der Waals surface area (Å²) in [6.45, 7) is 1.67. The van der Waals surface area contributed by atoms with Crippen molar-refractivity contribution < 1.29 is 19.4 Å². The Morgan fingerprint density at radius 1 is 1.50 bits per heavy atom. The molecule has 5 heteroatoms. The highest BCUT2D eigenvalue weighted by molar-refractivity contribution is 6.30. The smallest absolute Gasteiger partial charge is 0.306 e. The van der Waals surface area contributed by atoms with Crippen LogP contribution in [-0.4, -0.2) is 24.3 Å². The maximum atomic E-state index is 11.0. The summed E-state index contributed by atoms with van der Waals surface area (Å²) in [4.78, 5) is 11.0. The molecular weight excluding hydrogens is 280 g/mol. The lowest BCUT2D eigenvalue weighted by atomic mass is 9.95. The van der Waals surface area contributed by atoms with Crippen molar-refractivity contribution in [3.05, 3.63) is 22.7 Å². The van der Waals surface area contributed by atoms with Crippen molar-refractivity contribution in [1.82, 2.24) is 0 Å². The highest BCUT2D eigenvalue weighted by Crippen LogP contribution is 2.38. The van der Waals surface area contributed by atoms with E-state index in [2.05, 4.69) is 0 Å². The Hall–Kier alpha value is -1.42. The molecule has 0 spiro atoms. The quantitative estimate of drug-likeness (QED) is 0.872. The van der Waals surface area contributed by atoms with Gasteiger partial charge in [0.15, 0.2) is 11.5 Å². The van der Waals surface area contributed by atoms with Crippen molar-refractivity contribution in [2.24, 2.45) is 5.92 Å². The molecule has 0 saturated heterocycles. The van der Waals surface area contributed by atoms with E-state index in [0.29, 0.717) is 22.9 Å². The van der Waals surface area contributed by atoms with Gasteiger partial charge < -0.3 is 14.6 Å². The summed E-state index contributed by atoms with van der Waals surface area (Å²) in [6, 6.07) is 3.46. The number of aliphatic carboxylic acids is 1. The van der Waals surface area contributed by atoms with Crippen molar-refractivity contribution >= 4 is 17.6 Å². The van der Waals surface area contributed by atoms with Crippen LogP contribution in [0.5, 0.6) is 11.5 Å². The summed E-state index contributed by atoms with van der Waals surface area (Å²) in [6.07, 6.45) is 3.79. The monoisotopic (exact) mass is 298 g/mol. The Bertz CT molecular complexity index is 497. The van der Waals surface area contributed by atoms with Crippen molar-refractivity contribution in [3.8, 4) is 11.5 Å². The predicted molar refractivity (Wildman–Crippen MR) is 76.8 cm³/mol. The predicted octanol–water partition coefficient (Wildman–Crippen LogP) is 3.54. The normalized spacial score (nSPS) is 16.4. The average Bonchev–Trinajstić information content (AvgIpc) is 2.34. The van der Waals surface area contributed by atoms with Crippen LogP contribution in [0.3, 0.4) is 0 Å². The standard InChI is InChI=1S/C15H19ClO4/c1-9(15(17)18)6-10-7-11(16)8-13(19-2)14(10)20-12-4-3-5-12/h7-9,12H,3-6H2,1-2H3,(H,17,18). The van der Waals surface area contributed by atoms with Crippen LogP contribution >= 0.6 is 11.6 Å². The van der Waals surface area contributed by atoms with Crippen molar-refractivity contribution in [2.75, 3.05) is 7.11 Å². The zero-order chi connectivity index (χ0) is 14.7. The lowest BCUT2D eigenvalue weighted by Crippen LogP contribution is -2.25. The number of carboxylic acid groups (broad SMARTS) is 1. The van der Waals surface area contributed by atoms with Crippen LogP contribution in [0.4, 0.5) is 0 Å². The summed E-state index contributed by atoms with van der Waals surface area (Å²) < 4.78 is 11.3. The van der Waals surface area contributed by atoms with Crippen LogP contribution in [0.25, 0.3) is 0 Å². The molecule has 1 aliphatic carbocycles. The number of benzene rings is 1. The van der Waals surface area contributed by atoms with E-state index in [-0.39, 0.29) is 6.10 Å². The highest BCUT2D eigenvalue weighted by atomic mass is 35.5. The molecule has 4 nitrogen and oxygen atoms in total. The van der Waals surface area contributed by atoms with E-state index in [1.54, 1.807) is 26.2 Å². The minimum Gasteiger partial charge on any atom is -0.493 e. The molecule has 0 heterocycles. The first-order valence-corrected chi connectivity index (χ1v) is 7.15. The second-order valence-electron chi connectivity index (χ2n) is 5.21. The van der Waals surface area contributed by atoms with Crippen LogP contribution in [0, 0.1) is 5.92 Å². The first-order chi connectivity index (χ1) is 9.51. The first kappa shape index (κ1) is 15.0. The molecule has 0 amide bonds. The van der Waals surface area contributed by atoms with Gasteiger partial charge in [-0.15, -0.1) is 0 Å². The van der Waals surface area contributed by atoms with Gasteiger partial charge in [0, 0.05) is 16.7 Å². The SMILES string of the molecule is COc1cc(Cl)cc(CC(C)C(=O)O)c1OC1CCC1. The second-order valence-corrected chi connectivity index (χ2v) is 5.65. The fourth-order valence-electron chi connectivity index (χ4n) is 2.13. The Balaban J connectivity index is 2.30. The number of ether oxygens (including phenoxy) is 2. The molecule has 0 radical (unpaired) electrons. The van der Waals surface area contributed by atoms with Gasteiger partial charge in [0.05, 0.1) is 19.1 Å². The van der Waals surface area contributed by atoms with Gasteiger partial charge in [0.2, 0.25) is 0 Å². The molecule has 1 aromatic rings. The zero-order valence-corrected chi connectivity index (χ0v) is 12.4. The number of carbonyl (C=O) groups is 1. The van der Waals surface area contributed by atoms with Crippen molar-refractivity contribution in [1.29, 1.82) is 0 Å². The van der Waals surface area contributed by atoms with Gasteiger partial charge in [0.1, 0.15) is 0 Å². The third-order valence-corrected chi connectivity index (χ3v) is 3.82. The topological polar surface area (TPSA) is 55.8 Å². The summed E-state index contributed by atoms with van der Waals surface area (Å²) in [5.74, 6) is -0.132. The molecule has 1 saturated carbocycles. The van der Waals surface area contributed by atoms with Crippen LogP contribution in [0.1, 0.15) is 31.7 Å². The molecule has 1 N–H and O–H groups in total. The molecule has 1 fully saturated rings. The number of hydrogen-bond donors (Lipinski definition) is 1. The van der Waals surface area contributed by atoms with Crippen molar-refractivity contribution in [2.45, 2.75) is 38.7 Å². The fourth-order valence-corrected chi connectivity index (χ4v) is 2.36. The molecule has 1 aliphatic rings. The summed E-state index contributed by atoms with van der Waals surface area (Å²) in [5, 5.41) is 9.59. The Morgan fingerprint density at radius 2 is 2.20 bits per heavy atom. The van der Waals surface area contributed by atoms with Gasteiger partial charge >= 0.3 is 5.97 Å². The van der Waals surface area contributed by atoms with E-state index in [9.17, 15) is 4.79 Å². The van der Waals surface area contributed by atoms with Crippen LogP contribution in [-0.2, 0) is 11.2 Å². The van der Waals surface area contributed by atoms with E-state index in [1.165, 1.54) is 6.42 Å². The third kappa shape index (κ3) is 3.37. The van der Waals surface area contributed by atoms with Crippen LogP contribution < -0.4 is 9.47 Å². The van der Waals surface area contributed by atoms with Gasteiger partial charge in [-0.1, -0.05) is 18.5 Å². The van der Waals surface area contributed by atoms with E-state index in [0.717, 1.165) is 18.4 Å². The zero-order valence-electron chi connectivity index (χ0n) is 11.7. The summed E-state index contributed by atoms with van der Waals surface area (Å²) >= 11 is 6.07. The highest BCUT2D eigenvalue weighted by Gasteiger charge is 2.24.